The van der Waals surface area contributed by atoms with Crippen LogP contribution in [-0.2, 0) is 28.6 Å². The van der Waals surface area contributed by atoms with Crippen molar-refractivity contribution in [1.29, 1.82) is 0 Å². The summed E-state index contributed by atoms with van der Waals surface area (Å²) in [4.78, 5) is 37.2. The molecule has 7 nitrogen and oxygen atoms in total. The molecule has 7 heteroatoms. The monoisotopic (exact) mass is 360 g/mol. The Kier molecular flexibility index (Phi) is 2.43. The van der Waals surface area contributed by atoms with Crippen LogP contribution in [0.3, 0.4) is 0 Å². The van der Waals surface area contributed by atoms with Crippen molar-refractivity contribution in [3.05, 3.63) is 11.6 Å². The van der Waals surface area contributed by atoms with Crippen LogP contribution in [0.2, 0.25) is 0 Å². The number of carboxylic acid groups (broad SMARTS) is 1. The van der Waals surface area contributed by atoms with Crippen LogP contribution in [-0.4, -0.2) is 46.9 Å². The molecule has 3 saturated carbocycles. The number of rotatable bonds is 2. The quantitative estimate of drug-likeness (QED) is 0.731. The van der Waals surface area contributed by atoms with E-state index in [0.717, 1.165) is 5.57 Å². The summed E-state index contributed by atoms with van der Waals surface area (Å²) in [5.41, 5.74) is -0.952. The number of carbonyl (C=O) groups is 3. The largest absolute Gasteiger partial charge is 0.481 e. The summed E-state index contributed by atoms with van der Waals surface area (Å²) in [6, 6.07) is 0. The standard InChI is InChI=1S/C19H20O7/c1-6(16(21)22)11-13-10-14-12(24-13)7(2)18(17(23)25-14)4-3-8-5-9(20)26-19(8,11)15(10)18/h5-7,10-15H,3-4H2,1-2H3,(H,21,22)/t6?,7?,10-,11?,12+,13-,14-,15-,18-,19+/m1/s1. The third-order valence-corrected chi connectivity index (χ3v) is 8.38. The summed E-state index contributed by atoms with van der Waals surface area (Å²) >= 11 is 0. The number of carbonyl (C=O) groups excluding carboxylic acids is 2. The fraction of sp³-hybridized carbons (Fsp3) is 0.737. The van der Waals surface area contributed by atoms with Gasteiger partial charge in [0, 0.05) is 29.7 Å². The third-order valence-electron chi connectivity index (χ3n) is 8.38. The van der Waals surface area contributed by atoms with Gasteiger partial charge in [0.2, 0.25) is 0 Å². The molecule has 3 aliphatic carbocycles. The van der Waals surface area contributed by atoms with Gasteiger partial charge in [-0.3, -0.25) is 9.59 Å². The Bertz CT molecular complexity index is 817. The fourth-order valence-corrected chi connectivity index (χ4v) is 7.56. The van der Waals surface area contributed by atoms with Crippen LogP contribution >= 0.6 is 0 Å². The molecule has 1 N–H and O–H groups in total. The van der Waals surface area contributed by atoms with Gasteiger partial charge in [-0.1, -0.05) is 13.8 Å². The van der Waals surface area contributed by atoms with E-state index in [-0.39, 0.29) is 42.0 Å². The molecule has 4 heterocycles. The van der Waals surface area contributed by atoms with Crippen molar-refractivity contribution in [1.82, 2.24) is 0 Å². The van der Waals surface area contributed by atoms with Gasteiger partial charge in [0.05, 0.1) is 23.5 Å². The summed E-state index contributed by atoms with van der Waals surface area (Å²) in [7, 11) is 0. The number of aliphatic carboxylic acids is 1. The average Bonchev–Trinajstić information content (AvgIpc) is 3.17. The maximum absolute atomic E-state index is 13.0. The highest BCUT2D eigenvalue weighted by atomic mass is 16.6. The summed E-state index contributed by atoms with van der Waals surface area (Å²) in [6.07, 6.45) is 1.75. The van der Waals surface area contributed by atoms with Crippen LogP contribution < -0.4 is 0 Å². The summed E-state index contributed by atoms with van der Waals surface area (Å²) < 4.78 is 18.1. The highest BCUT2D eigenvalue weighted by molar-refractivity contribution is 5.89. The van der Waals surface area contributed by atoms with Gasteiger partial charge >= 0.3 is 17.9 Å². The van der Waals surface area contributed by atoms with Gasteiger partial charge in [0.25, 0.3) is 0 Å². The predicted octanol–water partition coefficient (Wildman–Crippen LogP) is 0.914. The Morgan fingerprint density at radius 3 is 2.81 bits per heavy atom. The van der Waals surface area contributed by atoms with E-state index in [1.807, 2.05) is 6.92 Å². The zero-order valence-electron chi connectivity index (χ0n) is 14.5. The van der Waals surface area contributed by atoms with Crippen LogP contribution in [0, 0.1) is 35.0 Å². The number of fused-ring (bicyclic) bond motifs is 1. The van der Waals surface area contributed by atoms with Gasteiger partial charge in [-0.05, 0) is 18.4 Å². The second-order valence-corrected chi connectivity index (χ2v) is 8.86. The highest BCUT2D eigenvalue weighted by Gasteiger charge is 2.86. The lowest BCUT2D eigenvalue weighted by atomic mass is 9.46. The number of hydrogen-bond acceptors (Lipinski definition) is 6. The van der Waals surface area contributed by atoms with E-state index >= 15 is 0 Å². The minimum Gasteiger partial charge on any atom is -0.481 e. The van der Waals surface area contributed by atoms with Crippen molar-refractivity contribution >= 4 is 17.9 Å². The van der Waals surface area contributed by atoms with E-state index in [9.17, 15) is 19.5 Å². The van der Waals surface area contributed by atoms with Crippen molar-refractivity contribution in [3.8, 4) is 0 Å². The fourth-order valence-electron chi connectivity index (χ4n) is 7.56. The molecule has 4 aliphatic heterocycles. The lowest BCUT2D eigenvalue weighted by Gasteiger charge is -2.62. The van der Waals surface area contributed by atoms with Crippen LogP contribution in [0.5, 0.6) is 0 Å². The molecule has 7 aliphatic rings. The van der Waals surface area contributed by atoms with Crippen molar-refractivity contribution in [2.75, 3.05) is 0 Å². The molecule has 3 saturated heterocycles. The molecule has 7 rings (SSSR count). The average molecular weight is 360 g/mol. The van der Waals surface area contributed by atoms with Crippen LogP contribution in [0.4, 0.5) is 0 Å². The van der Waals surface area contributed by atoms with Crippen LogP contribution in [0.25, 0.3) is 0 Å². The first kappa shape index (κ1) is 15.2. The molecule has 2 spiro atoms. The molecule has 10 atom stereocenters. The minimum atomic E-state index is -1.04. The molecular weight excluding hydrogens is 340 g/mol. The molecule has 0 radical (unpaired) electrons. The van der Waals surface area contributed by atoms with E-state index in [2.05, 4.69) is 0 Å². The molecule has 6 fully saturated rings. The maximum atomic E-state index is 13.0. The summed E-state index contributed by atoms with van der Waals surface area (Å²) in [6.45, 7) is 3.68. The minimum absolute atomic E-state index is 0.0289. The van der Waals surface area contributed by atoms with E-state index in [1.54, 1.807) is 6.92 Å². The zero-order valence-corrected chi connectivity index (χ0v) is 14.5. The number of ether oxygens (including phenoxy) is 3. The molecule has 3 unspecified atom stereocenters. The second kappa shape index (κ2) is 4.16. The Balaban J connectivity index is 1.64. The van der Waals surface area contributed by atoms with Crippen molar-refractivity contribution < 1.29 is 33.7 Å². The first-order valence-corrected chi connectivity index (χ1v) is 9.37. The van der Waals surface area contributed by atoms with Gasteiger partial charge in [-0.15, -0.1) is 0 Å². The first-order chi connectivity index (χ1) is 12.3. The first-order valence-electron chi connectivity index (χ1n) is 9.37. The van der Waals surface area contributed by atoms with E-state index < -0.39 is 34.8 Å². The molecule has 0 aromatic rings. The molecule has 0 aromatic heterocycles. The van der Waals surface area contributed by atoms with Crippen LogP contribution in [0.1, 0.15) is 26.7 Å². The lowest BCUT2D eigenvalue weighted by molar-refractivity contribution is -0.256. The van der Waals surface area contributed by atoms with Crippen LogP contribution in [0.15, 0.2) is 11.6 Å². The zero-order chi connectivity index (χ0) is 18.2. The van der Waals surface area contributed by atoms with Crippen molar-refractivity contribution in [3.63, 3.8) is 0 Å². The van der Waals surface area contributed by atoms with Crippen molar-refractivity contribution in [2.24, 2.45) is 35.0 Å². The lowest BCUT2D eigenvalue weighted by Crippen LogP contribution is -2.71. The van der Waals surface area contributed by atoms with Gasteiger partial charge in [-0.2, -0.15) is 0 Å². The number of carboxylic acids is 1. The predicted molar refractivity (Wildman–Crippen MR) is 83.5 cm³/mol. The molecule has 26 heavy (non-hydrogen) atoms. The maximum Gasteiger partial charge on any atom is 0.331 e. The van der Waals surface area contributed by atoms with Gasteiger partial charge in [-0.25, -0.2) is 4.79 Å². The molecule has 0 amide bonds. The van der Waals surface area contributed by atoms with Gasteiger partial charge in [0.15, 0.2) is 0 Å². The number of esters is 2. The molecule has 4 bridgehead atoms. The Morgan fingerprint density at radius 1 is 1.31 bits per heavy atom. The van der Waals surface area contributed by atoms with E-state index in [0.29, 0.717) is 12.8 Å². The second-order valence-electron chi connectivity index (χ2n) is 8.86. The Labute approximate surface area is 149 Å². The Hall–Kier alpha value is -1.89. The number of hydrogen-bond donors (Lipinski definition) is 1. The normalized spacial score (nSPS) is 55.9. The smallest absolute Gasteiger partial charge is 0.331 e. The van der Waals surface area contributed by atoms with E-state index in [4.69, 9.17) is 14.2 Å². The molecular formula is C19H20O7. The third kappa shape index (κ3) is 1.24. The SMILES string of the molecule is CC(C(=O)O)C1[C@@H]2O[C@H]3C(C)[C@]45CCC6=CC(=O)O[C@@]61[C@@H]4[C@H]2[C@H]3OC5=O. The molecule has 0 aromatic carbocycles. The van der Waals surface area contributed by atoms with Gasteiger partial charge in [0.1, 0.15) is 11.7 Å². The van der Waals surface area contributed by atoms with E-state index in [1.165, 1.54) is 6.08 Å². The summed E-state index contributed by atoms with van der Waals surface area (Å²) in [5.74, 6) is -3.22. The molecule has 138 valence electrons. The van der Waals surface area contributed by atoms with Gasteiger partial charge < -0.3 is 19.3 Å². The summed E-state index contributed by atoms with van der Waals surface area (Å²) in [5, 5.41) is 9.75. The van der Waals surface area contributed by atoms with Crippen molar-refractivity contribution in [2.45, 2.75) is 50.6 Å². The highest BCUT2D eigenvalue weighted by Crippen LogP contribution is 2.76. The topological polar surface area (TPSA) is 99.1 Å². The Morgan fingerprint density at radius 2 is 2.08 bits per heavy atom.